The number of nitrogens with one attached hydrogen (secondary N) is 1. The molecule has 22 heavy (non-hydrogen) atoms. The second kappa shape index (κ2) is 7.38. The molecule has 0 aromatic rings. The summed E-state index contributed by atoms with van der Waals surface area (Å²) in [4.78, 5) is 0. The highest BCUT2D eigenvalue weighted by molar-refractivity contribution is 5.12. The highest BCUT2D eigenvalue weighted by Crippen LogP contribution is 2.40. The van der Waals surface area contributed by atoms with E-state index in [9.17, 15) is 0 Å². The second-order valence-electron chi connectivity index (χ2n) is 9.18. The Balaban J connectivity index is 5.57. The molecule has 0 aliphatic rings. The van der Waals surface area contributed by atoms with Crippen LogP contribution >= 0.6 is 0 Å². The molecule has 2 atom stereocenters. The molecule has 2 nitrogen and oxygen atoms in total. The fourth-order valence-electron chi connectivity index (χ4n) is 3.05. The van der Waals surface area contributed by atoms with Gasteiger partial charge >= 0.3 is 0 Å². The van der Waals surface area contributed by atoms with E-state index in [0.29, 0.717) is 11.8 Å². The summed E-state index contributed by atoms with van der Waals surface area (Å²) in [7, 11) is 2.02. The van der Waals surface area contributed by atoms with Gasteiger partial charge in [0.1, 0.15) is 0 Å². The number of hydrogen-bond donors (Lipinski definition) is 1. The average Bonchev–Trinajstić information content (AvgIpc) is 2.40. The van der Waals surface area contributed by atoms with E-state index in [1.165, 1.54) is 12.0 Å². The molecule has 0 amide bonds. The van der Waals surface area contributed by atoms with Crippen LogP contribution in [-0.2, 0) is 0 Å². The predicted octanol–water partition coefficient (Wildman–Crippen LogP) is 5.86. The van der Waals surface area contributed by atoms with Crippen molar-refractivity contribution in [3.05, 3.63) is 11.8 Å². The Morgan fingerprint density at radius 1 is 1.05 bits per heavy atom. The third kappa shape index (κ3) is 4.75. The topological polar surface area (TPSA) is 15.3 Å². The molecule has 0 aliphatic carbocycles. The lowest BCUT2D eigenvalue weighted by atomic mass is 9.70. The van der Waals surface area contributed by atoms with Gasteiger partial charge in [0.25, 0.3) is 0 Å². The van der Waals surface area contributed by atoms with Crippen LogP contribution in [0.1, 0.15) is 82.6 Å². The predicted molar refractivity (Wildman–Crippen MR) is 101 cm³/mol. The van der Waals surface area contributed by atoms with Crippen LogP contribution in [0.5, 0.6) is 0 Å². The fraction of sp³-hybridized carbons (Fsp3) is 0.900. The van der Waals surface area contributed by atoms with E-state index in [4.69, 9.17) is 0 Å². The van der Waals surface area contributed by atoms with Gasteiger partial charge in [-0.1, -0.05) is 67.4 Å². The van der Waals surface area contributed by atoms with Gasteiger partial charge < -0.3 is 5.01 Å². The summed E-state index contributed by atoms with van der Waals surface area (Å²) in [5.74, 6) is 1.22. The first-order valence-electron chi connectivity index (χ1n) is 8.88. The van der Waals surface area contributed by atoms with E-state index in [0.717, 1.165) is 0 Å². The van der Waals surface area contributed by atoms with E-state index < -0.39 is 0 Å². The average molecular weight is 311 g/mol. The van der Waals surface area contributed by atoms with Crippen LogP contribution in [-0.4, -0.2) is 17.6 Å². The van der Waals surface area contributed by atoms with Crippen LogP contribution in [0.3, 0.4) is 0 Å². The Bertz CT molecular complexity index is 372. The minimum atomic E-state index is 0.0415. The van der Waals surface area contributed by atoms with Gasteiger partial charge in [-0.15, -0.1) is 0 Å². The molecule has 0 bridgehead atoms. The van der Waals surface area contributed by atoms with E-state index in [2.05, 4.69) is 92.8 Å². The molecule has 0 heterocycles. The molecular weight excluding hydrogens is 268 g/mol. The molecule has 0 rings (SSSR count). The van der Waals surface area contributed by atoms with Gasteiger partial charge in [-0.05, 0) is 43.4 Å². The highest BCUT2D eigenvalue weighted by Gasteiger charge is 2.38. The molecule has 1 N–H and O–H groups in total. The molecule has 0 fully saturated rings. The standard InChI is InChI=1S/C20H42N2/c1-13-15(2)19(8,9)16(3)14-22(21-12)20(10,11)17(4)18(5,6)7/h14-15,17,21H,13H2,1-12H3/b16-14+. The lowest BCUT2D eigenvalue weighted by molar-refractivity contribution is 0.0231. The number of hydrogen-bond acceptors (Lipinski definition) is 2. The van der Waals surface area contributed by atoms with Crippen LogP contribution in [0, 0.1) is 22.7 Å². The number of nitrogens with zero attached hydrogens (tertiary/aromatic N) is 1. The minimum Gasteiger partial charge on any atom is -0.310 e. The van der Waals surface area contributed by atoms with E-state index in [1.807, 2.05) is 7.05 Å². The molecule has 132 valence electrons. The first kappa shape index (κ1) is 21.5. The zero-order valence-electron chi connectivity index (χ0n) is 17.4. The van der Waals surface area contributed by atoms with Gasteiger partial charge in [-0.3, -0.25) is 0 Å². The summed E-state index contributed by atoms with van der Waals surface area (Å²) >= 11 is 0. The molecular formula is C20H42N2. The summed E-state index contributed by atoms with van der Waals surface area (Å²) in [6.07, 6.45) is 3.54. The lowest BCUT2D eigenvalue weighted by Crippen LogP contribution is -2.54. The molecule has 0 saturated heterocycles. The van der Waals surface area contributed by atoms with Crippen molar-refractivity contribution < 1.29 is 0 Å². The van der Waals surface area contributed by atoms with Gasteiger partial charge in [0.15, 0.2) is 0 Å². The molecule has 0 aliphatic heterocycles. The molecule has 2 heteroatoms. The zero-order valence-corrected chi connectivity index (χ0v) is 17.4. The van der Waals surface area contributed by atoms with Crippen molar-refractivity contribution in [3.8, 4) is 0 Å². The minimum absolute atomic E-state index is 0.0415. The zero-order chi connectivity index (χ0) is 17.9. The third-order valence-electron chi connectivity index (χ3n) is 6.40. The number of rotatable bonds is 7. The molecule has 0 spiro atoms. The van der Waals surface area contributed by atoms with Crippen molar-refractivity contribution in [1.29, 1.82) is 0 Å². The Morgan fingerprint density at radius 3 is 1.82 bits per heavy atom. The first-order valence-corrected chi connectivity index (χ1v) is 8.88. The molecule has 2 unspecified atom stereocenters. The van der Waals surface area contributed by atoms with E-state index in [-0.39, 0.29) is 16.4 Å². The van der Waals surface area contributed by atoms with Gasteiger partial charge in [0.05, 0.1) is 5.54 Å². The molecule has 0 saturated carbocycles. The van der Waals surface area contributed by atoms with E-state index in [1.54, 1.807) is 0 Å². The molecule has 0 aromatic heterocycles. The van der Waals surface area contributed by atoms with Gasteiger partial charge in [0, 0.05) is 13.2 Å². The monoisotopic (exact) mass is 310 g/mol. The largest absolute Gasteiger partial charge is 0.310 e. The maximum Gasteiger partial charge on any atom is 0.0531 e. The van der Waals surface area contributed by atoms with Crippen LogP contribution in [0.15, 0.2) is 11.8 Å². The van der Waals surface area contributed by atoms with Gasteiger partial charge in [-0.2, -0.15) is 0 Å². The summed E-state index contributed by atoms with van der Waals surface area (Å²) in [5.41, 5.74) is 5.37. The highest BCUT2D eigenvalue weighted by atomic mass is 15.5. The van der Waals surface area contributed by atoms with Gasteiger partial charge in [0.2, 0.25) is 0 Å². The molecule has 0 aromatic carbocycles. The van der Waals surface area contributed by atoms with E-state index >= 15 is 0 Å². The van der Waals surface area contributed by atoms with Crippen molar-refractivity contribution in [2.24, 2.45) is 22.7 Å². The summed E-state index contributed by atoms with van der Waals surface area (Å²) in [5, 5.41) is 2.31. The SMILES string of the molecule is CCC(C)C(C)(C)/C(C)=C/N(NC)C(C)(C)C(C)C(C)(C)C. The Labute approximate surface area is 140 Å². The summed E-state index contributed by atoms with van der Waals surface area (Å²) < 4.78 is 0. The summed E-state index contributed by atoms with van der Waals surface area (Å²) in [6, 6.07) is 0. The van der Waals surface area contributed by atoms with Crippen LogP contribution in [0.2, 0.25) is 0 Å². The van der Waals surface area contributed by atoms with Gasteiger partial charge in [-0.25, -0.2) is 5.43 Å². The van der Waals surface area contributed by atoms with Crippen molar-refractivity contribution in [2.45, 2.75) is 88.1 Å². The van der Waals surface area contributed by atoms with Crippen molar-refractivity contribution in [3.63, 3.8) is 0 Å². The Hall–Kier alpha value is -0.500. The quantitative estimate of drug-likeness (QED) is 0.592. The Morgan fingerprint density at radius 2 is 1.50 bits per heavy atom. The molecule has 0 radical (unpaired) electrons. The van der Waals surface area contributed by atoms with Crippen molar-refractivity contribution in [2.75, 3.05) is 7.05 Å². The van der Waals surface area contributed by atoms with Crippen LogP contribution in [0.4, 0.5) is 0 Å². The smallest absolute Gasteiger partial charge is 0.0531 e. The number of hydrazine groups is 1. The van der Waals surface area contributed by atoms with Crippen LogP contribution in [0.25, 0.3) is 0 Å². The fourth-order valence-corrected chi connectivity index (χ4v) is 3.05. The summed E-state index contributed by atoms with van der Waals surface area (Å²) in [6.45, 7) is 25.6. The maximum absolute atomic E-state index is 3.41. The Kier molecular flexibility index (Phi) is 7.21. The second-order valence-corrected chi connectivity index (χ2v) is 9.18. The first-order chi connectivity index (χ1) is 9.72. The van der Waals surface area contributed by atoms with Crippen molar-refractivity contribution in [1.82, 2.24) is 10.4 Å². The maximum atomic E-state index is 3.41. The number of allylic oxidation sites excluding steroid dienone is 1. The normalized spacial score (nSPS) is 17.4. The lowest BCUT2D eigenvalue weighted by Gasteiger charge is -2.48. The third-order valence-corrected chi connectivity index (χ3v) is 6.40. The van der Waals surface area contributed by atoms with Crippen LogP contribution < -0.4 is 5.43 Å². The van der Waals surface area contributed by atoms with Crippen molar-refractivity contribution >= 4 is 0 Å².